The number of nitrogens with one attached hydrogen (secondary N) is 1. The zero-order valence-corrected chi connectivity index (χ0v) is 9.83. The second kappa shape index (κ2) is 7.01. The van der Waals surface area contributed by atoms with Crippen molar-refractivity contribution < 1.29 is 9.72 Å². The first-order chi connectivity index (χ1) is 8.63. The van der Waals surface area contributed by atoms with Crippen LogP contribution in [0.25, 0.3) is 6.08 Å². The number of nitro groups is 1. The molecule has 0 heterocycles. The van der Waals surface area contributed by atoms with Gasteiger partial charge in [-0.1, -0.05) is 18.2 Å². The van der Waals surface area contributed by atoms with Crippen LogP contribution in [0.1, 0.15) is 12.0 Å². The van der Waals surface area contributed by atoms with Crippen molar-refractivity contribution in [2.45, 2.75) is 6.42 Å². The summed E-state index contributed by atoms with van der Waals surface area (Å²) in [6.45, 7) is 4.07. The summed E-state index contributed by atoms with van der Waals surface area (Å²) in [4.78, 5) is 21.4. The molecule has 0 bridgehead atoms. The summed E-state index contributed by atoms with van der Waals surface area (Å²) in [5.74, 6) is -0.233. The second-order valence-corrected chi connectivity index (χ2v) is 3.55. The average molecular weight is 246 g/mol. The molecule has 1 amide bonds. The van der Waals surface area contributed by atoms with Gasteiger partial charge < -0.3 is 5.32 Å². The predicted molar refractivity (Wildman–Crippen MR) is 70.0 cm³/mol. The number of carbonyl (C=O) groups excluding carboxylic acids is 1. The van der Waals surface area contributed by atoms with E-state index in [0.29, 0.717) is 18.5 Å². The van der Waals surface area contributed by atoms with Gasteiger partial charge in [-0.3, -0.25) is 14.9 Å². The average Bonchev–Trinajstić information content (AvgIpc) is 2.37. The van der Waals surface area contributed by atoms with Crippen molar-refractivity contribution in [3.05, 3.63) is 58.7 Å². The van der Waals surface area contributed by atoms with E-state index in [4.69, 9.17) is 0 Å². The van der Waals surface area contributed by atoms with Crippen LogP contribution in [0.15, 0.2) is 43.0 Å². The van der Waals surface area contributed by atoms with E-state index in [-0.39, 0.29) is 11.6 Å². The number of amides is 1. The van der Waals surface area contributed by atoms with Gasteiger partial charge in [-0.2, -0.15) is 0 Å². The molecule has 0 aliphatic rings. The zero-order chi connectivity index (χ0) is 13.4. The Kier molecular flexibility index (Phi) is 5.31. The van der Waals surface area contributed by atoms with E-state index in [9.17, 15) is 14.9 Å². The lowest BCUT2D eigenvalue weighted by Gasteiger charge is -1.98. The van der Waals surface area contributed by atoms with Crippen molar-refractivity contribution in [1.82, 2.24) is 5.32 Å². The number of benzene rings is 1. The summed E-state index contributed by atoms with van der Waals surface area (Å²) in [6, 6.07) is 6.09. The van der Waals surface area contributed by atoms with Crippen LogP contribution in [0, 0.1) is 10.1 Å². The topological polar surface area (TPSA) is 72.2 Å². The van der Waals surface area contributed by atoms with E-state index in [1.54, 1.807) is 18.2 Å². The van der Waals surface area contributed by atoms with E-state index in [1.165, 1.54) is 24.3 Å². The lowest BCUT2D eigenvalue weighted by Crippen LogP contribution is -2.21. The molecule has 18 heavy (non-hydrogen) atoms. The zero-order valence-electron chi connectivity index (χ0n) is 9.83. The third-order valence-corrected chi connectivity index (χ3v) is 2.16. The lowest BCUT2D eigenvalue weighted by molar-refractivity contribution is -0.384. The number of hydrogen-bond acceptors (Lipinski definition) is 3. The second-order valence-electron chi connectivity index (χ2n) is 3.55. The highest BCUT2D eigenvalue weighted by Crippen LogP contribution is 2.13. The monoisotopic (exact) mass is 246 g/mol. The number of non-ortho nitro benzene ring substituents is 1. The molecular formula is C13H14N2O3. The highest BCUT2D eigenvalue weighted by atomic mass is 16.6. The Balaban J connectivity index is 2.60. The molecule has 0 saturated heterocycles. The minimum absolute atomic E-state index is 0.00390. The van der Waals surface area contributed by atoms with Crippen molar-refractivity contribution in [3.8, 4) is 0 Å². The van der Waals surface area contributed by atoms with Crippen LogP contribution < -0.4 is 5.32 Å². The van der Waals surface area contributed by atoms with Gasteiger partial charge in [0, 0.05) is 24.8 Å². The van der Waals surface area contributed by atoms with Crippen LogP contribution in [0.4, 0.5) is 5.69 Å². The molecule has 1 rings (SSSR count). The van der Waals surface area contributed by atoms with Gasteiger partial charge in [0.25, 0.3) is 5.69 Å². The third kappa shape index (κ3) is 4.61. The molecule has 1 aromatic carbocycles. The van der Waals surface area contributed by atoms with Crippen LogP contribution in [0.2, 0.25) is 0 Å². The summed E-state index contributed by atoms with van der Waals surface area (Å²) in [6.07, 6.45) is 5.30. The largest absolute Gasteiger partial charge is 0.352 e. The fraction of sp³-hybridized carbons (Fsp3) is 0.154. The highest BCUT2D eigenvalue weighted by Gasteiger charge is 2.03. The number of nitro benzene ring substituents is 1. The molecule has 5 nitrogen and oxygen atoms in total. The molecule has 0 fully saturated rings. The first kappa shape index (κ1) is 13.6. The van der Waals surface area contributed by atoms with Crippen LogP contribution in [0.3, 0.4) is 0 Å². The fourth-order valence-corrected chi connectivity index (χ4v) is 1.27. The maximum atomic E-state index is 11.3. The third-order valence-electron chi connectivity index (χ3n) is 2.16. The molecule has 0 aliphatic carbocycles. The quantitative estimate of drug-likeness (QED) is 0.275. The number of hydrogen-bond donors (Lipinski definition) is 1. The molecule has 0 unspecified atom stereocenters. The molecule has 0 saturated carbocycles. The maximum absolute atomic E-state index is 11.3. The van der Waals surface area contributed by atoms with Crippen molar-refractivity contribution in [3.63, 3.8) is 0 Å². The SMILES string of the molecule is C=CCCNC(=O)/C=C/c1cccc([N+](=O)[O-])c1. The minimum Gasteiger partial charge on any atom is -0.352 e. The first-order valence-electron chi connectivity index (χ1n) is 5.44. The van der Waals surface area contributed by atoms with Crippen molar-refractivity contribution in [1.29, 1.82) is 0 Å². The molecule has 0 aliphatic heterocycles. The Morgan fingerprint density at radius 1 is 1.50 bits per heavy atom. The Bertz CT molecular complexity index is 481. The maximum Gasteiger partial charge on any atom is 0.270 e. The summed E-state index contributed by atoms with van der Waals surface area (Å²) < 4.78 is 0. The Labute approximate surface area is 105 Å². The summed E-state index contributed by atoms with van der Waals surface area (Å²) in [5.41, 5.74) is 0.618. The molecule has 1 aromatic rings. The molecule has 94 valence electrons. The Hall–Kier alpha value is -2.43. The molecule has 0 atom stereocenters. The van der Waals surface area contributed by atoms with Gasteiger partial charge in [-0.25, -0.2) is 0 Å². The Morgan fingerprint density at radius 3 is 2.94 bits per heavy atom. The van der Waals surface area contributed by atoms with E-state index in [2.05, 4.69) is 11.9 Å². The van der Waals surface area contributed by atoms with E-state index < -0.39 is 4.92 Å². The number of carbonyl (C=O) groups is 1. The Morgan fingerprint density at radius 2 is 2.28 bits per heavy atom. The van der Waals surface area contributed by atoms with Crippen molar-refractivity contribution in [2.75, 3.05) is 6.54 Å². The standard InChI is InChI=1S/C13H14N2O3/c1-2-3-9-14-13(16)8-7-11-5-4-6-12(10-11)15(17)18/h2,4-8,10H,1,3,9H2,(H,14,16)/b8-7+. The minimum atomic E-state index is -0.471. The van der Waals surface area contributed by atoms with Gasteiger partial charge >= 0.3 is 0 Å². The van der Waals surface area contributed by atoms with Gasteiger partial charge in [0.05, 0.1) is 4.92 Å². The fourth-order valence-electron chi connectivity index (χ4n) is 1.27. The molecular weight excluding hydrogens is 232 g/mol. The smallest absolute Gasteiger partial charge is 0.270 e. The van der Waals surface area contributed by atoms with Crippen LogP contribution in [0.5, 0.6) is 0 Å². The molecule has 0 aromatic heterocycles. The molecule has 0 spiro atoms. The van der Waals surface area contributed by atoms with Gasteiger partial charge in [-0.15, -0.1) is 6.58 Å². The summed E-state index contributed by atoms with van der Waals surface area (Å²) >= 11 is 0. The molecule has 1 N–H and O–H groups in total. The molecule has 0 radical (unpaired) electrons. The lowest BCUT2D eigenvalue weighted by atomic mass is 10.2. The van der Waals surface area contributed by atoms with Crippen LogP contribution in [-0.4, -0.2) is 17.4 Å². The van der Waals surface area contributed by atoms with Gasteiger partial charge in [0.2, 0.25) is 5.91 Å². The normalized spacial score (nSPS) is 10.2. The number of rotatable bonds is 6. The van der Waals surface area contributed by atoms with Crippen molar-refractivity contribution >= 4 is 17.7 Å². The highest BCUT2D eigenvalue weighted by molar-refractivity contribution is 5.91. The van der Waals surface area contributed by atoms with Crippen molar-refractivity contribution in [2.24, 2.45) is 0 Å². The summed E-state index contributed by atoms with van der Waals surface area (Å²) in [7, 11) is 0. The first-order valence-corrected chi connectivity index (χ1v) is 5.44. The molecule has 5 heteroatoms. The van der Waals surface area contributed by atoms with Crippen LogP contribution in [-0.2, 0) is 4.79 Å². The van der Waals surface area contributed by atoms with Gasteiger partial charge in [-0.05, 0) is 18.1 Å². The summed E-state index contributed by atoms with van der Waals surface area (Å²) in [5, 5.41) is 13.2. The van der Waals surface area contributed by atoms with Gasteiger partial charge in [0.1, 0.15) is 0 Å². The van der Waals surface area contributed by atoms with E-state index in [1.807, 2.05) is 0 Å². The predicted octanol–water partition coefficient (Wildman–Crippen LogP) is 2.30. The van der Waals surface area contributed by atoms with E-state index in [0.717, 1.165) is 0 Å². The number of nitrogens with zero attached hydrogens (tertiary/aromatic N) is 1. The van der Waals surface area contributed by atoms with Gasteiger partial charge in [0.15, 0.2) is 0 Å². The van der Waals surface area contributed by atoms with E-state index >= 15 is 0 Å². The van der Waals surface area contributed by atoms with Crippen LogP contribution >= 0.6 is 0 Å².